The first-order chi connectivity index (χ1) is 14.9. The van der Waals surface area contributed by atoms with Gasteiger partial charge in [-0.3, -0.25) is 0 Å². The van der Waals surface area contributed by atoms with E-state index in [1.807, 2.05) is 13.8 Å². The van der Waals surface area contributed by atoms with Crippen LogP contribution in [0.2, 0.25) is 0 Å². The minimum absolute atomic E-state index is 0.0249. The third-order valence-corrected chi connectivity index (χ3v) is 4.12. The molecule has 11 heteroatoms. The number of nitrogens with two attached hydrogens (primary N) is 1. The summed E-state index contributed by atoms with van der Waals surface area (Å²) >= 11 is 0. The molecule has 2 atom stereocenters. The van der Waals surface area contributed by atoms with Gasteiger partial charge in [-0.2, -0.15) is 0 Å². The van der Waals surface area contributed by atoms with Crippen LogP contribution in [0, 0.1) is 5.92 Å². The highest BCUT2D eigenvalue weighted by molar-refractivity contribution is 5.93. The predicted octanol–water partition coefficient (Wildman–Crippen LogP) is 2.81. The van der Waals surface area contributed by atoms with Crippen LogP contribution in [0.5, 0.6) is 0 Å². The fourth-order valence-corrected chi connectivity index (χ4v) is 2.61. The highest BCUT2D eigenvalue weighted by Gasteiger charge is 2.28. The van der Waals surface area contributed by atoms with E-state index in [4.69, 9.17) is 24.4 Å². The van der Waals surface area contributed by atoms with Crippen LogP contribution < -0.4 is 11.1 Å². The van der Waals surface area contributed by atoms with Crippen molar-refractivity contribution in [1.29, 1.82) is 0 Å². The minimum Gasteiger partial charge on any atom is -0.473 e. The van der Waals surface area contributed by atoms with Gasteiger partial charge in [0.15, 0.2) is 11.7 Å². The Morgan fingerprint density at radius 3 is 2.66 bits per heavy atom. The van der Waals surface area contributed by atoms with E-state index in [0.29, 0.717) is 0 Å². The molecule has 2 heterocycles. The number of aliphatic imine (C=N–C) groups is 1. The summed E-state index contributed by atoms with van der Waals surface area (Å²) in [4.78, 5) is 31.9. The maximum absolute atomic E-state index is 12.1. The zero-order valence-corrected chi connectivity index (χ0v) is 19.1. The number of nitrogens with one attached hydrogen (secondary N) is 1. The molecule has 2 unspecified atom stereocenters. The lowest BCUT2D eigenvalue weighted by Crippen LogP contribution is -2.43. The Hall–Kier alpha value is -3.50. The van der Waals surface area contributed by atoms with Gasteiger partial charge in [-0.15, -0.1) is 0 Å². The van der Waals surface area contributed by atoms with Gasteiger partial charge in [0, 0.05) is 0 Å². The summed E-state index contributed by atoms with van der Waals surface area (Å²) in [5.41, 5.74) is 5.51. The molecular formula is C21H30N4O7. The first kappa shape index (κ1) is 24.8. The highest BCUT2D eigenvalue weighted by atomic mass is 16.6. The van der Waals surface area contributed by atoms with Crippen molar-refractivity contribution in [2.24, 2.45) is 16.6 Å². The van der Waals surface area contributed by atoms with Crippen LogP contribution in [0.3, 0.4) is 0 Å². The van der Waals surface area contributed by atoms with Gasteiger partial charge >= 0.3 is 12.1 Å². The zero-order chi connectivity index (χ0) is 24.1. The van der Waals surface area contributed by atoms with Gasteiger partial charge in [0.25, 0.3) is 0 Å². The molecule has 11 nitrogen and oxygen atoms in total. The van der Waals surface area contributed by atoms with Crippen molar-refractivity contribution in [2.45, 2.75) is 52.3 Å². The number of ether oxygens (including phenoxy) is 4. The van der Waals surface area contributed by atoms with Gasteiger partial charge in [-0.25, -0.2) is 19.6 Å². The Morgan fingerprint density at radius 2 is 2.06 bits per heavy atom. The summed E-state index contributed by atoms with van der Waals surface area (Å²) in [5, 5.41) is 2.74. The van der Waals surface area contributed by atoms with Crippen molar-refractivity contribution in [3.8, 4) is 0 Å². The number of esters is 1. The standard InChI is InChI=1S/C21H30N4O7/c1-11(2)16(25-20(27)32-21(4,5)6)12(3)29-8-13(22)17-23-14(9-30-17)18-24-15(10-31-18)19(26)28-7/h8,10-11,14,16H,3,9,22H2,1-2,4-7H3,(H,25,27)/b13-8-. The lowest BCUT2D eigenvalue weighted by Gasteiger charge is -2.26. The van der Waals surface area contributed by atoms with E-state index in [9.17, 15) is 9.59 Å². The predicted molar refractivity (Wildman–Crippen MR) is 114 cm³/mol. The number of alkyl carbamates (subject to hydrolysis) is 1. The van der Waals surface area contributed by atoms with Crippen LogP contribution in [0.15, 0.2) is 40.0 Å². The van der Waals surface area contributed by atoms with Gasteiger partial charge < -0.3 is 34.4 Å². The zero-order valence-electron chi connectivity index (χ0n) is 19.1. The van der Waals surface area contributed by atoms with E-state index < -0.39 is 29.7 Å². The maximum Gasteiger partial charge on any atom is 0.408 e. The number of rotatable bonds is 8. The van der Waals surface area contributed by atoms with Gasteiger partial charge in [0.05, 0.1) is 13.2 Å². The topological polar surface area (TPSA) is 148 Å². The average Bonchev–Trinajstić information content (AvgIpc) is 3.37. The summed E-state index contributed by atoms with van der Waals surface area (Å²) in [7, 11) is 1.25. The second-order valence-electron chi connectivity index (χ2n) is 8.35. The first-order valence-electron chi connectivity index (χ1n) is 9.96. The van der Waals surface area contributed by atoms with Crippen molar-refractivity contribution in [2.75, 3.05) is 13.7 Å². The average molecular weight is 450 g/mol. The molecule has 3 N–H and O–H groups in total. The molecule has 0 saturated carbocycles. The molecule has 1 aromatic heterocycles. The fourth-order valence-electron chi connectivity index (χ4n) is 2.61. The number of hydrogen-bond acceptors (Lipinski definition) is 10. The Morgan fingerprint density at radius 1 is 1.38 bits per heavy atom. The van der Waals surface area contributed by atoms with Crippen LogP contribution >= 0.6 is 0 Å². The van der Waals surface area contributed by atoms with Crippen molar-refractivity contribution >= 4 is 18.0 Å². The Labute approximate surface area is 186 Å². The molecule has 0 radical (unpaired) electrons. The number of nitrogens with zero attached hydrogens (tertiary/aromatic N) is 2. The van der Waals surface area contributed by atoms with Gasteiger partial charge in [-0.05, 0) is 26.7 Å². The van der Waals surface area contributed by atoms with Crippen molar-refractivity contribution in [3.63, 3.8) is 0 Å². The summed E-state index contributed by atoms with van der Waals surface area (Å²) in [6.07, 6.45) is 1.83. The lowest BCUT2D eigenvalue weighted by molar-refractivity contribution is 0.0485. The second-order valence-corrected chi connectivity index (χ2v) is 8.35. The van der Waals surface area contributed by atoms with Crippen LogP contribution in [0.4, 0.5) is 4.79 Å². The quantitative estimate of drug-likeness (QED) is 0.450. The lowest BCUT2D eigenvalue weighted by atomic mass is 10.0. The molecule has 2 rings (SSSR count). The normalized spacial score (nSPS) is 17.3. The molecule has 0 aromatic carbocycles. The van der Waals surface area contributed by atoms with Crippen LogP contribution in [-0.2, 0) is 18.9 Å². The largest absolute Gasteiger partial charge is 0.473 e. The van der Waals surface area contributed by atoms with Gasteiger partial charge in [0.2, 0.25) is 11.8 Å². The molecule has 1 aliphatic rings. The molecule has 32 heavy (non-hydrogen) atoms. The molecule has 1 aromatic rings. The smallest absolute Gasteiger partial charge is 0.408 e. The molecule has 176 valence electrons. The monoisotopic (exact) mass is 450 g/mol. The second kappa shape index (κ2) is 10.2. The molecular weight excluding hydrogens is 420 g/mol. The maximum atomic E-state index is 12.1. The van der Waals surface area contributed by atoms with Crippen LogP contribution in [0.1, 0.15) is 57.0 Å². The summed E-state index contributed by atoms with van der Waals surface area (Å²) in [6, 6.07) is -1.09. The van der Waals surface area contributed by atoms with E-state index in [1.165, 1.54) is 19.6 Å². The summed E-state index contributed by atoms with van der Waals surface area (Å²) in [5.74, 6) is -0.0570. The number of carbonyl (C=O) groups excluding carboxylic acids is 2. The van der Waals surface area contributed by atoms with E-state index in [0.717, 1.165) is 0 Å². The van der Waals surface area contributed by atoms with Crippen LogP contribution in [0.25, 0.3) is 0 Å². The molecule has 0 saturated heterocycles. The highest BCUT2D eigenvalue weighted by Crippen LogP contribution is 2.24. The number of aromatic nitrogens is 1. The Balaban J connectivity index is 2.01. The molecule has 1 aliphatic heterocycles. The minimum atomic E-state index is -0.632. The van der Waals surface area contributed by atoms with Gasteiger partial charge in [0.1, 0.15) is 36.2 Å². The molecule has 0 aliphatic carbocycles. The fraction of sp³-hybridized carbons (Fsp3) is 0.524. The van der Waals surface area contributed by atoms with E-state index in [1.54, 1.807) is 20.8 Å². The summed E-state index contributed by atoms with van der Waals surface area (Å²) < 4.78 is 26.2. The molecule has 0 bridgehead atoms. The van der Waals surface area contributed by atoms with Crippen molar-refractivity contribution in [3.05, 3.63) is 42.1 Å². The summed E-state index contributed by atoms with van der Waals surface area (Å²) in [6.45, 7) is 13.1. The van der Waals surface area contributed by atoms with E-state index in [-0.39, 0.29) is 41.5 Å². The number of carbonyl (C=O) groups is 2. The van der Waals surface area contributed by atoms with Crippen LogP contribution in [-0.4, -0.2) is 48.3 Å². The first-order valence-corrected chi connectivity index (χ1v) is 9.96. The van der Waals surface area contributed by atoms with Crippen molar-refractivity contribution in [1.82, 2.24) is 10.3 Å². The third-order valence-electron chi connectivity index (χ3n) is 4.12. The molecule has 0 fully saturated rings. The van der Waals surface area contributed by atoms with Crippen molar-refractivity contribution < 1.29 is 33.0 Å². The third kappa shape index (κ3) is 6.76. The number of amides is 1. The molecule has 0 spiro atoms. The number of hydrogen-bond donors (Lipinski definition) is 2. The number of oxazole rings is 1. The Bertz CT molecular complexity index is 911. The SMILES string of the molecule is C=C(O/C=C(\N)C1=NC(c2nc(C(=O)OC)co2)CO1)C(NC(=O)OC(C)(C)C)C(C)C. The van der Waals surface area contributed by atoms with Gasteiger partial charge in [-0.1, -0.05) is 20.4 Å². The van der Waals surface area contributed by atoms with E-state index in [2.05, 4.69) is 26.6 Å². The molecule has 1 amide bonds. The number of methoxy groups -OCH3 is 1. The Kier molecular flexibility index (Phi) is 7.90. The van der Waals surface area contributed by atoms with E-state index >= 15 is 0 Å².